The van der Waals surface area contributed by atoms with Crippen LogP contribution in [0.3, 0.4) is 0 Å². The summed E-state index contributed by atoms with van der Waals surface area (Å²) >= 11 is 3.63. The lowest BCUT2D eigenvalue weighted by Crippen LogP contribution is -2.29. The summed E-state index contributed by atoms with van der Waals surface area (Å²) < 4.78 is 19.4. The number of aryl methyl sites for hydroxylation is 1. The second-order valence-corrected chi connectivity index (χ2v) is 8.34. The monoisotopic (exact) mass is 513 g/mol. The van der Waals surface area contributed by atoms with Crippen molar-refractivity contribution in [2.75, 3.05) is 19.0 Å². The summed E-state index contributed by atoms with van der Waals surface area (Å²) in [5.74, 6) is 1.08. The molecule has 33 heavy (non-hydrogen) atoms. The minimum atomic E-state index is -0.607. The molecule has 172 valence electrons. The van der Waals surface area contributed by atoms with Gasteiger partial charge >= 0.3 is 5.97 Å². The van der Waals surface area contributed by atoms with E-state index in [1.807, 2.05) is 50.2 Å². The summed E-state index contributed by atoms with van der Waals surface area (Å²) in [4.78, 5) is 12.7. The fourth-order valence-corrected chi connectivity index (χ4v) is 4.34. The number of esters is 1. The van der Waals surface area contributed by atoms with E-state index < -0.39 is 12.0 Å². The number of tetrazole rings is 1. The minimum Gasteiger partial charge on any atom is -0.490 e. The Hall–Kier alpha value is -3.40. The Morgan fingerprint density at radius 2 is 2.00 bits per heavy atom. The summed E-state index contributed by atoms with van der Waals surface area (Å²) in [6, 6.07) is 11.2. The molecule has 4 rings (SSSR count). The van der Waals surface area contributed by atoms with Gasteiger partial charge in [-0.25, -0.2) is 4.79 Å². The largest absolute Gasteiger partial charge is 0.490 e. The summed E-state index contributed by atoms with van der Waals surface area (Å²) in [5.41, 5.74) is 3.98. The van der Waals surface area contributed by atoms with Crippen LogP contribution in [0, 0.1) is 6.92 Å². The van der Waals surface area contributed by atoms with E-state index in [9.17, 15) is 4.79 Å². The van der Waals surface area contributed by atoms with E-state index in [1.165, 1.54) is 7.11 Å². The second kappa shape index (κ2) is 9.62. The predicted molar refractivity (Wildman–Crippen MR) is 125 cm³/mol. The lowest BCUT2D eigenvalue weighted by Gasteiger charge is -2.28. The molecule has 10 heteroatoms. The molecule has 2 aromatic carbocycles. The first-order valence-corrected chi connectivity index (χ1v) is 11.2. The van der Waals surface area contributed by atoms with E-state index in [0.717, 1.165) is 16.7 Å². The number of carbonyl (C=O) groups excluding carboxylic acids is 1. The highest BCUT2D eigenvalue weighted by Crippen LogP contribution is 2.43. The first kappa shape index (κ1) is 22.8. The van der Waals surface area contributed by atoms with Crippen LogP contribution in [0.25, 0.3) is 0 Å². The van der Waals surface area contributed by atoms with Gasteiger partial charge in [0.1, 0.15) is 12.6 Å². The molecule has 0 radical (unpaired) electrons. The van der Waals surface area contributed by atoms with Gasteiger partial charge in [-0.05, 0) is 76.0 Å². The van der Waals surface area contributed by atoms with Crippen molar-refractivity contribution >= 4 is 27.8 Å². The summed E-state index contributed by atoms with van der Waals surface area (Å²) in [6.07, 6.45) is 0. The molecule has 0 spiro atoms. The number of halogens is 1. The Morgan fingerprint density at radius 1 is 1.21 bits per heavy atom. The molecule has 1 unspecified atom stereocenters. The zero-order valence-electron chi connectivity index (χ0n) is 18.8. The number of ether oxygens (including phenoxy) is 3. The van der Waals surface area contributed by atoms with Gasteiger partial charge in [-0.2, -0.15) is 4.68 Å². The molecular weight excluding hydrogens is 490 g/mol. The number of nitrogens with one attached hydrogen (secondary N) is 1. The van der Waals surface area contributed by atoms with E-state index >= 15 is 0 Å². The van der Waals surface area contributed by atoms with E-state index in [0.29, 0.717) is 46.4 Å². The Kier molecular flexibility index (Phi) is 6.64. The molecule has 0 amide bonds. The smallest absolute Gasteiger partial charge is 0.338 e. The number of benzene rings is 2. The van der Waals surface area contributed by atoms with Crippen LogP contribution in [0.5, 0.6) is 11.5 Å². The Balaban J connectivity index is 1.77. The highest BCUT2D eigenvalue weighted by Gasteiger charge is 2.35. The van der Waals surface area contributed by atoms with Crippen LogP contribution in [0.1, 0.15) is 36.6 Å². The number of methoxy groups -OCH3 is 1. The maximum atomic E-state index is 12.7. The molecule has 1 N–H and O–H groups in total. The van der Waals surface area contributed by atoms with Crippen LogP contribution in [0.2, 0.25) is 0 Å². The number of fused-ring (bicyclic) bond motifs is 1. The minimum absolute atomic E-state index is 0.390. The Morgan fingerprint density at radius 3 is 2.73 bits per heavy atom. The van der Waals surface area contributed by atoms with Gasteiger partial charge in [0, 0.05) is 5.70 Å². The molecule has 3 aromatic rings. The number of allylic oxidation sites excluding steroid dienone is 1. The van der Waals surface area contributed by atoms with E-state index in [2.05, 4.69) is 36.8 Å². The number of anilines is 1. The fourth-order valence-electron chi connectivity index (χ4n) is 3.77. The maximum absolute atomic E-state index is 12.7. The average Bonchev–Trinajstić information content (AvgIpc) is 3.26. The number of aromatic nitrogens is 4. The highest BCUT2D eigenvalue weighted by atomic mass is 79.9. The summed E-state index contributed by atoms with van der Waals surface area (Å²) in [6.45, 7) is 6.57. The average molecular weight is 514 g/mol. The normalized spacial score (nSPS) is 15.0. The molecule has 0 aliphatic carbocycles. The zero-order chi connectivity index (χ0) is 23.5. The van der Waals surface area contributed by atoms with Gasteiger partial charge in [0.15, 0.2) is 11.5 Å². The van der Waals surface area contributed by atoms with Gasteiger partial charge in [0.05, 0.1) is 23.8 Å². The number of rotatable bonds is 7. The number of hydrogen-bond donors (Lipinski definition) is 1. The zero-order valence-corrected chi connectivity index (χ0v) is 20.3. The molecular formula is C23H24BrN5O4. The first-order chi connectivity index (χ1) is 15.9. The molecule has 0 saturated carbocycles. The predicted octanol–water partition coefficient (Wildman–Crippen LogP) is 4.18. The lowest BCUT2D eigenvalue weighted by molar-refractivity contribution is -0.136. The third kappa shape index (κ3) is 4.43. The van der Waals surface area contributed by atoms with Crippen molar-refractivity contribution in [1.29, 1.82) is 0 Å². The molecule has 0 bridgehead atoms. The van der Waals surface area contributed by atoms with Crippen molar-refractivity contribution in [1.82, 2.24) is 20.2 Å². The van der Waals surface area contributed by atoms with Gasteiger partial charge < -0.3 is 19.5 Å². The van der Waals surface area contributed by atoms with Gasteiger partial charge in [0.2, 0.25) is 5.95 Å². The molecule has 1 aliphatic rings. The van der Waals surface area contributed by atoms with Crippen LogP contribution >= 0.6 is 15.9 Å². The second-order valence-electron chi connectivity index (χ2n) is 7.48. The van der Waals surface area contributed by atoms with Crippen LogP contribution in [0.15, 0.2) is 52.1 Å². The quantitative estimate of drug-likeness (QED) is 0.469. The van der Waals surface area contributed by atoms with Crippen LogP contribution in [-0.4, -0.2) is 39.9 Å². The van der Waals surface area contributed by atoms with Crippen LogP contribution in [0.4, 0.5) is 5.95 Å². The van der Waals surface area contributed by atoms with Gasteiger partial charge in [0.25, 0.3) is 0 Å². The van der Waals surface area contributed by atoms with Crippen molar-refractivity contribution in [2.24, 2.45) is 0 Å². The molecule has 0 saturated heterocycles. The van der Waals surface area contributed by atoms with Crippen molar-refractivity contribution in [3.05, 3.63) is 68.8 Å². The molecule has 0 fully saturated rings. The third-order valence-electron chi connectivity index (χ3n) is 5.40. The van der Waals surface area contributed by atoms with Gasteiger partial charge in [-0.1, -0.05) is 29.4 Å². The van der Waals surface area contributed by atoms with E-state index in [1.54, 1.807) is 11.6 Å². The maximum Gasteiger partial charge on any atom is 0.338 e. The Labute approximate surface area is 199 Å². The van der Waals surface area contributed by atoms with Crippen LogP contribution < -0.4 is 14.8 Å². The number of hydrogen-bond acceptors (Lipinski definition) is 8. The fraction of sp³-hybridized carbons (Fsp3) is 0.304. The van der Waals surface area contributed by atoms with E-state index in [4.69, 9.17) is 14.2 Å². The number of carbonyl (C=O) groups is 1. The van der Waals surface area contributed by atoms with Gasteiger partial charge in [-0.3, -0.25) is 0 Å². The highest BCUT2D eigenvalue weighted by molar-refractivity contribution is 9.10. The molecule has 1 atom stereocenters. The standard InChI is InChI=1S/C23H24BrN5O4/c1-5-32-18-11-16(10-17(24)21(18)33-12-15-9-7-6-8-13(15)2)20-19(22(30)31-4)14(3)25-23-26-27-28-29(20)23/h6-11,20H,5,12H2,1-4H3,(H,25,26,28). The first-order valence-electron chi connectivity index (χ1n) is 10.4. The van der Waals surface area contributed by atoms with E-state index in [-0.39, 0.29) is 0 Å². The topological polar surface area (TPSA) is 100 Å². The summed E-state index contributed by atoms with van der Waals surface area (Å²) in [7, 11) is 1.35. The van der Waals surface area contributed by atoms with Gasteiger partial charge in [-0.15, -0.1) is 0 Å². The van der Waals surface area contributed by atoms with Crippen LogP contribution in [-0.2, 0) is 16.1 Å². The van der Waals surface area contributed by atoms with Crippen molar-refractivity contribution in [2.45, 2.75) is 33.4 Å². The van der Waals surface area contributed by atoms with Crippen molar-refractivity contribution < 1.29 is 19.0 Å². The van der Waals surface area contributed by atoms with Crippen molar-refractivity contribution in [3.63, 3.8) is 0 Å². The molecule has 2 heterocycles. The molecule has 9 nitrogen and oxygen atoms in total. The lowest BCUT2D eigenvalue weighted by atomic mass is 9.95. The number of nitrogens with zero attached hydrogens (tertiary/aromatic N) is 4. The third-order valence-corrected chi connectivity index (χ3v) is 5.99. The SMILES string of the molecule is CCOc1cc(C2C(C(=O)OC)=C(C)Nc3nnnn32)cc(Br)c1OCc1ccccc1C. The molecule has 1 aromatic heterocycles. The van der Waals surface area contributed by atoms with Crippen molar-refractivity contribution in [3.8, 4) is 11.5 Å². The molecule has 1 aliphatic heterocycles. The Bertz CT molecular complexity index is 1220. The summed E-state index contributed by atoms with van der Waals surface area (Å²) in [5, 5.41) is 14.9.